The van der Waals surface area contributed by atoms with Crippen LogP contribution in [0.2, 0.25) is 0 Å². The van der Waals surface area contributed by atoms with Crippen molar-refractivity contribution < 1.29 is 14.6 Å². The molecule has 0 aromatic rings. The van der Waals surface area contributed by atoms with Crippen molar-refractivity contribution in [1.29, 1.82) is 5.26 Å². The molecule has 1 N–H and O–H groups in total. The van der Waals surface area contributed by atoms with Crippen LogP contribution in [0, 0.1) is 51.2 Å². The third kappa shape index (κ3) is 2.13. The van der Waals surface area contributed by atoms with E-state index in [4.69, 9.17) is 4.74 Å². The fraction of sp³-hybridized carbons (Fsp3) is 0.909. The summed E-state index contributed by atoms with van der Waals surface area (Å²) in [6.07, 6.45) is 8.67. The van der Waals surface area contributed by atoms with E-state index in [1.54, 1.807) is 0 Å². The second-order valence-electron chi connectivity index (χ2n) is 10.2. The van der Waals surface area contributed by atoms with Crippen LogP contribution in [0.5, 0.6) is 0 Å². The molecule has 0 amide bonds. The Balaban J connectivity index is 1.72. The van der Waals surface area contributed by atoms with Gasteiger partial charge in [-0.3, -0.25) is 4.79 Å². The van der Waals surface area contributed by atoms with Crippen molar-refractivity contribution in [3.63, 3.8) is 0 Å². The number of hydrogen-bond acceptors (Lipinski definition) is 4. The highest BCUT2D eigenvalue weighted by molar-refractivity contribution is 5.77. The van der Waals surface area contributed by atoms with Crippen LogP contribution in [0.3, 0.4) is 0 Å². The van der Waals surface area contributed by atoms with Crippen molar-refractivity contribution in [3.8, 4) is 6.07 Å². The molecule has 5 aliphatic carbocycles. The maximum Gasteiger partial charge on any atom is 0.311 e. The van der Waals surface area contributed by atoms with Gasteiger partial charge in [-0.25, -0.2) is 0 Å². The van der Waals surface area contributed by atoms with Crippen molar-refractivity contribution in [3.05, 3.63) is 0 Å². The molecule has 0 radical (unpaired) electrons. The molecular formula is C22H33NO3. The number of carbonyl (C=O) groups excluding carboxylic acids is 1. The smallest absolute Gasteiger partial charge is 0.311 e. The summed E-state index contributed by atoms with van der Waals surface area (Å²) in [5.74, 6) is 1.39. The lowest BCUT2D eigenvalue weighted by molar-refractivity contribution is -0.244. The van der Waals surface area contributed by atoms with E-state index < -0.39 is 5.41 Å². The van der Waals surface area contributed by atoms with Gasteiger partial charge in [0.25, 0.3) is 0 Å². The molecule has 0 aromatic carbocycles. The lowest BCUT2D eigenvalue weighted by Crippen LogP contribution is -2.66. The number of aliphatic hydroxyl groups excluding tert-OH is 1. The molecule has 5 aliphatic rings. The molecule has 5 rings (SSSR count). The number of nitriles is 1. The summed E-state index contributed by atoms with van der Waals surface area (Å²) in [5, 5.41) is 20.6. The van der Waals surface area contributed by atoms with Crippen molar-refractivity contribution >= 4 is 5.97 Å². The second kappa shape index (κ2) is 5.96. The molecule has 2 bridgehead atoms. The highest BCUT2D eigenvalue weighted by Gasteiger charge is 2.68. The molecule has 0 heterocycles. The highest BCUT2D eigenvalue weighted by atomic mass is 16.5. The number of methoxy groups -OCH3 is 1. The van der Waals surface area contributed by atoms with Crippen LogP contribution in [0.25, 0.3) is 0 Å². The van der Waals surface area contributed by atoms with E-state index in [9.17, 15) is 15.2 Å². The summed E-state index contributed by atoms with van der Waals surface area (Å²) < 4.78 is 5.23. The van der Waals surface area contributed by atoms with Crippen LogP contribution in [0.1, 0.15) is 71.6 Å². The second-order valence-corrected chi connectivity index (χ2v) is 10.2. The predicted molar refractivity (Wildman–Crippen MR) is 97.8 cm³/mol. The number of aliphatic hydroxyl groups is 1. The van der Waals surface area contributed by atoms with Crippen LogP contribution in [0.15, 0.2) is 0 Å². The van der Waals surface area contributed by atoms with E-state index in [1.807, 2.05) is 0 Å². The van der Waals surface area contributed by atoms with E-state index in [1.165, 1.54) is 7.11 Å². The van der Waals surface area contributed by atoms with Crippen LogP contribution in [0.4, 0.5) is 0 Å². The Morgan fingerprint density at radius 1 is 1.19 bits per heavy atom. The van der Waals surface area contributed by atoms with Gasteiger partial charge in [0.05, 0.1) is 24.7 Å². The van der Waals surface area contributed by atoms with Crippen molar-refractivity contribution in [1.82, 2.24) is 0 Å². The van der Waals surface area contributed by atoms with Gasteiger partial charge >= 0.3 is 5.97 Å². The maximum absolute atomic E-state index is 12.7. The third-order valence-corrected chi connectivity index (χ3v) is 9.46. The molecule has 0 aliphatic heterocycles. The van der Waals surface area contributed by atoms with Gasteiger partial charge in [0, 0.05) is 12.3 Å². The lowest BCUT2D eigenvalue weighted by Gasteiger charge is -2.69. The quantitative estimate of drug-likeness (QED) is 0.754. The van der Waals surface area contributed by atoms with Gasteiger partial charge in [0.2, 0.25) is 0 Å². The standard InChI is InChI=1S/C22H33NO3/c1-20-8-4-9-21(2,19(25)26-3)16(20)6-11-22-10-5-14(13-17(20)22)15(7-12-23)18(22)24/h14-18,24H,4-11,13H2,1-3H3/t14-,15-,16-,17-,18+,20+,21+,22-/m0/s1. The van der Waals surface area contributed by atoms with Gasteiger partial charge in [0.15, 0.2) is 0 Å². The van der Waals surface area contributed by atoms with E-state index in [-0.39, 0.29) is 28.8 Å². The molecule has 4 heteroatoms. The minimum absolute atomic E-state index is 0.0319. The molecular weight excluding hydrogens is 326 g/mol. The first-order valence-corrected chi connectivity index (χ1v) is 10.5. The Morgan fingerprint density at radius 2 is 1.92 bits per heavy atom. The molecule has 8 atom stereocenters. The molecule has 5 saturated carbocycles. The first kappa shape index (κ1) is 18.3. The van der Waals surface area contributed by atoms with Gasteiger partial charge in [-0.1, -0.05) is 13.3 Å². The molecule has 1 spiro atoms. The first-order valence-electron chi connectivity index (χ1n) is 10.5. The predicted octanol–water partition coefficient (Wildman–Crippen LogP) is 4.07. The number of carbonyl (C=O) groups is 1. The molecule has 144 valence electrons. The van der Waals surface area contributed by atoms with Gasteiger partial charge < -0.3 is 9.84 Å². The average Bonchev–Trinajstić information content (AvgIpc) is 2.63. The van der Waals surface area contributed by atoms with Crippen molar-refractivity contribution in [2.45, 2.75) is 77.7 Å². The normalized spacial score (nSPS) is 52.5. The van der Waals surface area contributed by atoms with Crippen molar-refractivity contribution in [2.75, 3.05) is 7.11 Å². The number of rotatable bonds is 2. The molecule has 4 nitrogen and oxygen atoms in total. The summed E-state index contributed by atoms with van der Waals surface area (Å²) in [6.45, 7) is 4.52. The zero-order valence-corrected chi connectivity index (χ0v) is 16.5. The van der Waals surface area contributed by atoms with E-state index in [0.29, 0.717) is 24.2 Å². The fourth-order valence-electron chi connectivity index (χ4n) is 8.34. The number of esters is 1. The zero-order valence-electron chi connectivity index (χ0n) is 16.5. The Bertz CT molecular complexity index is 642. The van der Waals surface area contributed by atoms with E-state index in [2.05, 4.69) is 19.9 Å². The monoisotopic (exact) mass is 359 g/mol. The van der Waals surface area contributed by atoms with Gasteiger partial charge in [-0.15, -0.1) is 0 Å². The van der Waals surface area contributed by atoms with Gasteiger partial charge in [-0.05, 0) is 80.5 Å². The van der Waals surface area contributed by atoms with Gasteiger partial charge in [-0.2, -0.15) is 5.26 Å². The largest absolute Gasteiger partial charge is 0.469 e. The fourth-order valence-corrected chi connectivity index (χ4v) is 8.34. The molecule has 0 unspecified atom stereocenters. The average molecular weight is 360 g/mol. The van der Waals surface area contributed by atoms with Gasteiger partial charge in [0.1, 0.15) is 0 Å². The Morgan fingerprint density at radius 3 is 2.62 bits per heavy atom. The first-order chi connectivity index (χ1) is 12.3. The zero-order chi connectivity index (χ0) is 18.7. The Labute approximate surface area is 157 Å². The highest BCUT2D eigenvalue weighted by Crippen LogP contribution is 2.72. The summed E-state index contributed by atoms with van der Waals surface area (Å²) in [4.78, 5) is 12.7. The maximum atomic E-state index is 12.7. The van der Waals surface area contributed by atoms with Crippen LogP contribution in [-0.2, 0) is 9.53 Å². The van der Waals surface area contributed by atoms with Crippen LogP contribution in [-0.4, -0.2) is 24.3 Å². The number of hydrogen-bond donors (Lipinski definition) is 1. The minimum atomic E-state index is -0.392. The summed E-state index contributed by atoms with van der Waals surface area (Å²) >= 11 is 0. The third-order valence-electron chi connectivity index (χ3n) is 9.46. The molecule has 0 aromatic heterocycles. The molecule has 26 heavy (non-hydrogen) atoms. The lowest BCUT2D eigenvalue weighted by atomic mass is 9.35. The van der Waals surface area contributed by atoms with Crippen LogP contribution < -0.4 is 0 Å². The number of ether oxygens (including phenoxy) is 1. The van der Waals surface area contributed by atoms with Crippen molar-refractivity contribution in [2.24, 2.45) is 39.9 Å². The summed E-state index contributed by atoms with van der Waals surface area (Å²) in [7, 11) is 1.52. The SMILES string of the molecule is COC(=O)[C@]1(C)CCC[C@@]2(C)[C@@H]3C[C@@H]4CC[C@@]3(CC[C@@H]21)[C@H](O)[C@H]4CC#N. The summed E-state index contributed by atoms with van der Waals surface area (Å²) in [6, 6.07) is 2.33. The Kier molecular flexibility index (Phi) is 4.19. The molecule has 0 saturated heterocycles. The minimum Gasteiger partial charge on any atom is -0.469 e. The summed E-state index contributed by atoms with van der Waals surface area (Å²) in [5.41, 5.74) is -0.330. The number of nitrogens with zero attached hydrogens (tertiary/aromatic N) is 1. The topological polar surface area (TPSA) is 70.3 Å². The van der Waals surface area contributed by atoms with Crippen LogP contribution >= 0.6 is 0 Å². The molecule has 5 fully saturated rings. The van der Waals surface area contributed by atoms with E-state index >= 15 is 0 Å². The van der Waals surface area contributed by atoms with E-state index in [0.717, 1.165) is 51.4 Å². The number of fused-ring (bicyclic) bond motifs is 3. The Hall–Kier alpha value is -1.08.